The first kappa shape index (κ1) is 61.0. The molecule has 0 heterocycles. The molecule has 0 fully saturated rings. The Bertz CT molecular complexity index is 1810. The van der Waals surface area contributed by atoms with Gasteiger partial charge in [-0.15, -0.1) is 47.0 Å². The number of hydrogen-bond donors (Lipinski definition) is 0. The summed E-state index contributed by atoms with van der Waals surface area (Å²) < 4.78 is 26.2. The summed E-state index contributed by atoms with van der Waals surface area (Å²) in [6.07, 6.45) is 8.38. The van der Waals surface area contributed by atoms with E-state index in [1.54, 1.807) is 75.5 Å². The number of thioether (sulfide) groups is 4. The molecular formula is C52H74O5S4. The molecule has 0 aliphatic carbocycles. The van der Waals surface area contributed by atoms with E-state index in [0.29, 0.717) is 0 Å². The molecule has 0 spiro atoms. The van der Waals surface area contributed by atoms with Crippen LogP contribution in [-0.2, 0) is 5.41 Å². The van der Waals surface area contributed by atoms with Gasteiger partial charge in [-0.1, -0.05) is 81.3 Å². The van der Waals surface area contributed by atoms with Crippen LogP contribution in [0.25, 0.3) is 0 Å². The molecule has 0 N–H and O–H groups in total. The molecule has 6 rings (SSSR count). The molecule has 0 saturated carbocycles. The molecule has 0 saturated heterocycles. The molecular weight excluding hydrogens is 833 g/mol. The largest absolute Gasteiger partial charge is 0.497 e. The maximum absolute atomic E-state index is 5.67. The van der Waals surface area contributed by atoms with Gasteiger partial charge in [-0.2, -0.15) is 0 Å². The Morgan fingerprint density at radius 3 is 0.820 bits per heavy atom. The minimum atomic E-state index is -0.0431. The summed E-state index contributed by atoms with van der Waals surface area (Å²) in [5, 5.41) is 0. The number of ether oxygens (including phenoxy) is 5. The van der Waals surface area contributed by atoms with Crippen molar-refractivity contribution < 1.29 is 23.7 Å². The van der Waals surface area contributed by atoms with Crippen LogP contribution < -0.4 is 23.7 Å². The highest BCUT2D eigenvalue weighted by atomic mass is 32.2. The third-order valence-electron chi connectivity index (χ3n) is 8.55. The molecule has 0 bridgehead atoms. The van der Waals surface area contributed by atoms with Gasteiger partial charge in [0.1, 0.15) is 34.5 Å². The molecule has 0 aliphatic heterocycles. The van der Waals surface area contributed by atoms with E-state index in [9.17, 15) is 0 Å². The van der Waals surface area contributed by atoms with E-state index in [1.807, 2.05) is 72.8 Å². The lowest BCUT2D eigenvalue weighted by molar-refractivity contribution is 0.411. The summed E-state index contributed by atoms with van der Waals surface area (Å²) in [6, 6.07) is 48.5. The van der Waals surface area contributed by atoms with Crippen molar-refractivity contribution in [2.24, 2.45) is 0 Å². The van der Waals surface area contributed by atoms with E-state index >= 15 is 0 Å². The average molecular weight is 907 g/mol. The van der Waals surface area contributed by atoms with Crippen LogP contribution in [0.2, 0.25) is 0 Å². The van der Waals surface area contributed by atoms with Crippen molar-refractivity contribution in [2.45, 2.75) is 76.0 Å². The summed E-state index contributed by atoms with van der Waals surface area (Å²) in [4.78, 5) is 5.34. The lowest BCUT2D eigenvalue weighted by Crippen LogP contribution is -2.18. The van der Waals surface area contributed by atoms with Crippen LogP contribution in [0.3, 0.4) is 0 Å². The summed E-state index contributed by atoms with van der Waals surface area (Å²) in [6.45, 7) is 4.44. The fourth-order valence-electron chi connectivity index (χ4n) is 5.05. The first-order chi connectivity index (χ1) is 27.1. The molecule has 0 unspecified atom stereocenters. The van der Waals surface area contributed by atoms with Crippen LogP contribution in [0.1, 0.15) is 62.1 Å². The molecule has 61 heavy (non-hydrogen) atoms. The fourth-order valence-corrected chi connectivity index (χ4v) is 6.86. The van der Waals surface area contributed by atoms with E-state index in [-0.39, 0.29) is 42.5 Å². The molecule has 336 valence electrons. The predicted octanol–water partition coefficient (Wildman–Crippen LogP) is 17.0. The third kappa shape index (κ3) is 20.9. The number of benzene rings is 6. The number of hydrogen-bond acceptors (Lipinski definition) is 9. The molecule has 6 aromatic rings. The fraction of sp³-hybridized carbons (Fsp3) is 0.308. The van der Waals surface area contributed by atoms with Crippen LogP contribution in [0, 0.1) is 0 Å². The van der Waals surface area contributed by atoms with Gasteiger partial charge in [0.2, 0.25) is 0 Å². The first-order valence-corrected chi connectivity index (χ1v) is 22.6. The average Bonchev–Trinajstić information content (AvgIpc) is 3.27. The SMILES string of the molecule is C.C.C.C.C.COc1ccc(C(C)(C)c2ccc(OC)cc2)cc1.COc1ccc(Oc2ccc(OC)cc2)cc1.CSc1ccc(SC)cc1.CSc1cccc(SC)c1. The minimum Gasteiger partial charge on any atom is -0.497 e. The predicted molar refractivity (Wildman–Crippen MR) is 278 cm³/mol. The molecule has 5 nitrogen and oxygen atoms in total. The second kappa shape index (κ2) is 33.4. The summed E-state index contributed by atoms with van der Waals surface area (Å²) in [7, 11) is 6.64. The van der Waals surface area contributed by atoms with E-state index in [1.165, 1.54) is 30.7 Å². The normalized spacial score (nSPS) is 9.41. The third-order valence-corrected chi connectivity index (χ3v) is 11.5. The highest BCUT2D eigenvalue weighted by Gasteiger charge is 2.23. The van der Waals surface area contributed by atoms with Crippen molar-refractivity contribution in [1.29, 1.82) is 0 Å². The zero-order chi connectivity index (χ0) is 40.8. The summed E-state index contributed by atoms with van der Waals surface area (Å²) in [5.74, 6) is 4.94. The smallest absolute Gasteiger partial charge is 0.127 e. The van der Waals surface area contributed by atoms with Gasteiger partial charge in [-0.05, 0) is 151 Å². The van der Waals surface area contributed by atoms with Gasteiger partial charge in [0, 0.05) is 25.0 Å². The lowest BCUT2D eigenvalue weighted by atomic mass is 9.78. The van der Waals surface area contributed by atoms with E-state index in [4.69, 9.17) is 23.7 Å². The Morgan fingerprint density at radius 2 is 0.574 bits per heavy atom. The van der Waals surface area contributed by atoms with Crippen LogP contribution in [0.15, 0.2) is 165 Å². The molecule has 9 heteroatoms. The number of rotatable bonds is 12. The Labute approximate surface area is 389 Å². The lowest BCUT2D eigenvalue weighted by Gasteiger charge is -2.26. The molecule has 6 aromatic carbocycles. The van der Waals surface area contributed by atoms with Gasteiger partial charge in [0.15, 0.2) is 0 Å². The van der Waals surface area contributed by atoms with Crippen molar-refractivity contribution in [3.05, 3.63) is 157 Å². The molecule has 0 aliphatic rings. The Kier molecular flexibility index (Phi) is 33.4. The van der Waals surface area contributed by atoms with E-state index in [2.05, 4.69) is 112 Å². The zero-order valence-electron chi connectivity index (χ0n) is 34.0. The second-order valence-electron chi connectivity index (χ2n) is 12.3. The number of methoxy groups -OCH3 is 4. The van der Waals surface area contributed by atoms with Gasteiger partial charge >= 0.3 is 0 Å². The molecule has 0 radical (unpaired) electrons. The van der Waals surface area contributed by atoms with Gasteiger partial charge in [-0.25, -0.2) is 0 Å². The van der Waals surface area contributed by atoms with Crippen molar-refractivity contribution in [3.63, 3.8) is 0 Å². The van der Waals surface area contributed by atoms with Crippen molar-refractivity contribution in [1.82, 2.24) is 0 Å². The van der Waals surface area contributed by atoms with Crippen LogP contribution in [0.5, 0.6) is 34.5 Å². The van der Waals surface area contributed by atoms with Crippen molar-refractivity contribution in [2.75, 3.05) is 53.5 Å². The topological polar surface area (TPSA) is 46.2 Å². The first-order valence-electron chi connectivity index (χ1n) is 17.7. The maximum Gasteiger partial charge on any atom is 0.127 e. The standard InChI is InChI=1S/C17H20O2.C14H14O3.2C8H10S2.5CH4/c1-17(2,13-5-9-15(18-3)10-6-13)14-7-11-16(19-4)12-8-14;1-15-11-3-7-13(8-4-11)17-14-9-5-12(16-2)6-10-14;1-9-7-3-5-8(10-2)6-4-7;1-9-7-4-3-5-8(6-7)10-2;;;;;/h5-12H,1-4H3;3-10H,1-2H3;2*3-6H,1-2H3;5*1H4. The minimum absolute atomic E-state index is 0. The van der Waals surface area contributed by atoms with E-state index in [0.717, 1.165) is 34.5 Å². The van der Waals surface area contributed by atoms with Gasteiger partial charge < -0.3 is 23.7 Å². The second-order valence-corrected chi connectivity index (χ2v) is 15.8. The van der Waals surface area contributed by atoms with Gasteiger partial charge in [-0.3, -0.25) is 0 Å². The van der Waals surface area contributed by atoms with Gasteiger partial charge in [0.25, 0.3) is 0 Å². The van der Waals surface area contributed by atoms with E-state index < -0.39 is 0 Å². The van der Waals surface area contributed by atoms with Crippen LogP contribution in [0.4, 0.5) is 0 Å². The molecule has 0 atom stereocenters. The van der Waals surface area contributed by atoms with Crippen molar-refractivity contribution >= 4 is 47.0 Å². The summed E-state index contributed by atoms with van der Waals surface area (Å²) >= 11 is 7.13. The zero-order valence-corrected chi connectivity index (χ0v) is 37.3. The highest BCUT2D eigenvalue weighted by molar-refractivity contribution is 7.99. The monoisotopic (exact) mass is 906 g/mol. The van der Waals surface area contributed by atoms with Crippen LogP contribution in [-0.4, -0.2) is 53.5 Å². The molecule has 0 amide bonds. The quantitative estimate of drug-likeness (QED) is 0.112. The molecule has 0 aromatic heterocycles. The Balaban J connectivity index is -0.000000741. The Hall–Kier alpha value is -4.28. The van der Waals surface area contributed by atoms with Crippen LogP contribution >= 0.6 is 47.0 Å². The van der Waals surface area contributed by atoms with Gasteiger partial charge in [0.05, 0.1) is 28.4 Å². The van der Waals surface area contributed by atoms with Crippen molar-refractivity contribution in [3.8, 4) is 34.5 Å². The maximum atomic E-state index is 5.67. The Morgan fingerprint density at radius 1 is 0.328 bits per heavy atom. The summed E-state index contributed by atoms with van der Waals surface area (Å²) in [5.41, 5.74) is 2.48. The highest BCUT2D eigenvalue weighted by Crippen LogP contribution is 2.33.